The molecule has 0 radical (unpaired) electrons. The Morgan fingerprint density at radius 3 is 1.73 bits per heavy atom. The molecule has 4 amide bonds. The van der Waals surface area contributed by atoms with Crippen LogP contribution in [0.5, 0.6) is 0 Å². The minimum atomic E-state index is -1.11. The number of rotatable bonds is 11. The molecular weight excluding hydrogens is 785 g/mol. The van der Waals surface area contributed by atoms with Gasteiger partial charge in [0.2, 0.25) is 11.8 Å². The molecule has 14 nitrogen and oxygen atoms in total. The molecule has 2 aliphatic carbocycles. The smallest absolute Gasteiger partial charge is 0.407 e. The SMILES string of the molecule is COC(=O)N[C@H](C(=O)N1[C@H](c2nc(-c3ccc4cc(-c5ccc(-c6c[nH]c([C@@H]7C[C@@]8(C)C[C@H]8N7C(=O)[C@H](C(C)C)N(C)C(=O)O)n6)cc5)ccc4c3)c[nH]2)C[C@]2(C)C[C@@H]12)C(C)C. The molecule has 4 heterocycles. The van der Waals surface area contributed by atoms with Gasteiger partial charge in [-0.25, -0.2) is 19.6 Å². The van der Waals surface area contributed by atoms with Crippen molar-refractivity contribution in [1.29, 1.82) is 0 Å². The maximum Gasteiger partial charge on any atom is 0.407 e. The number of nitrogens with zero attached hydrogens (tertiary/aromatic N) is 5. The van der Waals surface area contributed by atoms with Crippen LogP contribution in [0.25, 0.3) is 44.4 Å². The Morgan fingerprint density at radius 1 is 0.726 bits per heavy atom. The van der Waals surface area contributed by atoms with Gasteiger partial charge in [0.1, 0.15) is 23.7 Å². The summed E-state index contributed by atoms with van der Waals surface area (Å²) in [6.45, 7) is 12.0. The van der Waals surface area contributed by atoms with E-state index in [2.05, 4.69) is 89.8 Å². The monoisotopic (exact) mass is 840 g/mol. The summed E-state index contributed by atoms with van der Waals surface area (Å²) in [7, 11) is 2.78. The molecular formula is C48H56N8O6. The minimum Gasteiger partial charge on any atom is -0.465 e. The van der Waals surface area contributed by atoms with Gasteiger partial charge in [-0.15, -0.1) is 0 Å². The number of hydrogen-bond donors (Lipinski definition) is 4. The first-order chi connectivity index (χ1) is 29.5. The maximum absolute atomic E-state index is 14.0. The zero-order valence-electron chi connectivity index (χ0n) is 36.6. The number of carboxylic acid groups (broad SMARTS) is 1. The highest BCUT2D eigenvalue weighted by Crippen LogP contribution is 2.64. The van der Waals surface area contributed by atoms with Crippen LogP contribution in [0.1, 0.15) is 91.0 Å². The molecule has 2 aliphatic heterocycles. The predicted molar refractivity (Wildman–Crippen MR) is 235 cm³/mol. The van der Waals surface area contributed by atoms with Gasteiger partial charge in [-0.1, -0.05) is 90.1 Å². The first-order valence-corrected chi connectivity index (χ1v) is 21.7. The highest BCUT2D eigenvalue weighted by molar-refractivity contribution is 5.91. The van der Waals surface area contributed by atoms with Crippen molar-refractivity contribution in [2.75, 3.05) is 14.2 Å². The number of benzene rings is 3. The second-order valence-electron chi connectivity index (χ2n) is 19.3. The van der Waals surface area contributed by atoms with Gasteiger partial charge in [0.25, 0.3) is 0 Å². The topological polar surface area (TPSA) is 177 Å². The average Bonchev–Trinajstić information content (AvgIpc) is 3.68. The summed E-state index contributed by atoms with van der Waals surface area (Å²) in [5.74, 6) is 0.904. The van der Waals surface area contributed by atoms with Crippen molar-refractivity contribution in [3.05, 3.63) is 84.7 Å². The molecule has 8 atom stereocenters. The van der Waals surface area contributed by atoms with Gasteiger partial charge in [0, 0.05) is 42.7 Å². The van der Waals surface area contributed by atoms with E-state index in [0.29, 0.717) is 0 Å². The van der Waals surface area contributed by atoms with Crippen LogP contribution in [0.4, 0.5) is 9.59 Å². The molecule has 4 fully saturated rings. The van der Waals surface area contributed by atoms with Gasteiger partial charge in [-0.3, -0.25) is 14.5 Å². The molecule has 324 valence electrons. The van der Waals surface area contributed by atoms with E-state index in [9.17, 15) is 24.3 Å². The molecule has 9 rings (SSSR count). The van der Waals surface area contributed by atoms with Crippen LogP contribution in [0, 0.1) is 22.7 Å². The van der Waals surface area contributed by atoms with E-state index in [4.69, 9.17) is 14.7 Å². The molecule has 62 heavy (non-hydrogen) atoms. The van der Waals surface area contributed by atoms with Crippen molar-refractivity contribution in [2.45, 2.75) is 103 Å². The van der Waals surface area contributed by atoms with Crippen LogP contribution in [0.3, 0.4) is 0 Å². The summed E-state index contributed by atoms with van der Waals surface area (Å²) in [5.41, 5.74) is 5.70. The molecule has 0 spiro atoms. The number of nitrogens with one attached hydrogen (secondary N) is 3. The number of hydrogen-bond acceptors (Lipinski definition) is 7. The van der Waals surface area contributed by atoms with Crippen LogP contribution < -0.4 is 5.32 Å². The molecule has 5 aromatic rings. The van der Waals surface area contributed by atoms with Crippen LogP contribution in [-0.4, -0.2) is 102 Å². The van der Waals surface area contributed by atoms with E-state index in [0.717, 1.165) is 86.6 Å². The number of carbonyl (C=O) groups is 4. The summed E-state index contributed by atoms with van der Waals surface area (Å²) in [5, 5.41) is 14.7. The number of methoxy groups -OCH3 is 1. The quantitative estimate of drug-likeness (QED) is 0.102. The van der Waals surface area contributed by atoms with Crippen molar-refractivity contribution in [3.63, 3.8) is 0 Å². The number of carbonyl (C=O) groups excluding carboxylic acids is 3. The average molecular weight is 841 g/mol. The standard InChI is InChI=1S/C48H56N8O6/c1-25(2)39(53-45(59)62-8)43(57)55-35(19-47(5)21-37(47)55)41-50-24-34(52-41)32-16-15-30-17-29(13-14-31(30)18-32)27-9-11-28(12-10-27)33-23-49-42(51-33)36-20-48(6)22-38(48)56(36)44(58)40(26(3)4)54(7)46(60)61/h9-18,23-26,35-40H,19-22H2,1-8H3,(H,49,51)(H,50,52)(H,53,59)(H,60,61)/t35-,36-,37+,38+,39-,40-,47+,48-/m0/s1. The Hall–Kier alpha value is -6.18. The number of aromatic nitrogens is 4. The zero-order valence-corrected chi connectivity index (χ0v) is 36.6. The van der Waals surface area contributed by atoms with Gasteiger partial charge in [-0.05, 0) is 82.4 Å². The number of imidazole rings is 2. The number of H-pyrrole nitrogens is 2. The minimum absolute atomic E-state index is 0.00654. The lowest BCUT2D eigenvalue weighted by atomic mass is 9.98. The van der Waals surface area contributed by atoms with E-state index < -0.39 is 24.3 Å². The molecule has 0 bridgehead atoms. The van der Waals surface area contributed by atoms with E-state index in [1.54, 1.807) is 0 Å². The third-order valence-electron chi connectivity index (χ3n) is 14.3. The highest BCUT2D eigenvalue weighted by atomic mass is 16.5. The van der Waals surface area contributed by atoms with Crippen molar-refractivity contribution >= 4 is 34.8 Å². The first-order valence-electron chi connectivity index (χ1n) is 21.7. The largest absolute Gasteiger partial charge is 0.465 e. The van der Waals surface area contributed by atoms with Gasteiger partial charge >= 0.3 is 12.2 Å². The summed E-state index contributed by atoms with van der Waals surface area (Å²) < 4.78 is 4.83. The molecule has 2 saturated heterocycles. The van der Waals surface area contributed by atoms with E-state index in [1.807, 2.05) is 49.9 Å². The summed E-state index contributed by atoms with van der Waals surface area (Å²) in [4.78, 5) is 73.8. The fraction of sp³-hybridized carbons (Fsp3) is 0.458. The molecule has 2 aromatic heterocycles. The Bertz CT molecular complexity index is 2580. The fourth-order valence-electron chi connectivity index (χ4n) is 10.4. The lowest BCUT2D eigenvalue weighted by Gasteiger charge is -2.35. The third kappa shape index (κ3) is 7.06. The summed E-state index contributed by atoms with van der Waals surface area (Å²) in [6.07, 6.45) is 5.50. The van der Waals surface area contributed by atoms with E-state index in [-0.39, 0.29) is 58.6 Å². The molecule has 14 heteroatoms. The Kier molecular flexibility index (Phi) is 9.98. The maximum atomic E-state index is 14.0. The van der Waals surface area contributed by atoms with Crippen molar-refractivity contribution in [2.24, 2.45) is 22.7 Å². The fourth-order valence-corrected chi connectivity index (χ4v) is 10.4. The summed E-state index contributed by atoms with van der Waals surface area (Å²) in [6, 6.07) is 19.3. The van der Waals surface area contributed by atoms with Crippen LogP contribution >= 0.6 is 0 Å². The van der Waals surface area contributed by atoms with Crippen molar-refractivity contribution in [3.8, 4) is 33.6 Å². The molecule has 4 N–H and O–H groups in total. The Morgan fingerprint density at radius 2 is 1.21 bits per heavy atom. The lowest BCUT2D eigenvalue weighted by molar-refractivity contribution is -0.140. The van der Waals surface area contributed by atoms with Crippen LogP contribution in [0.2, 0.25) is 0 Å². The van der Waals surface area contributed by atoms with E-state index in [1.165, 1.54) is 14.2 Å². The molecule has 0 unspecified atom stereocenters. The third-order valence-corrected chi connectivity index (χ3v) is 14.3. The Balaban J connectivity index is 0.897. The van der Waals surface area contributed by atoms with Crippen molar-refractivity contribution in [1.82, 2.24) is 40.0 Å². The number of ether oxygens (including phenoxy) is 1. The van der Waals surface area contributed by atoms with E-state index >= 15 is 0 Å². The van der Waals surface area contributed by atoms with Crippen LogP contribution in [-0.2, 0) is 14.3 Å². The van der Waals surface area contributed by atoms with Gasteiger partial charge < -0.3 is 34.9 Å². The zero-order chi connectivity index (χ0) is 44.0. The van der Waals surface area contributed by atoms with Crippen molar-refractivity contribution < 1.29 is 29.0 Å². The molecule has 4 aliphatic rings. The lowest BCUT2D eigenvalue weighted by Crippen LogP contribution is -2.52. The number of amides is 4. The molecule has 2 saturated carbocycles. The Labute approximate surface area is 361 Å². The van der Waals surface area contributed by atoms with Gasteiger partial charge in [0.15, 0.2) is 0 Å². The predicted octanol–water partition coefficient (Wildman–Crippen LogP) is 8.41. The number of likely N-dealkylation sites (N-methyl/N-ethyl adjacent to an activating group) is 1. The number of alkyl carbamates (subject to hydrolysis) is 1. The molecule has 3 aromatic carbocycles. The number of aromatic amines is 2. The number of likely N-dealkylation sites (tertiary alicyclic amines) is 2. The first kappa shape index (κ1) is 41.2. The second-order valence-corrected chi connectivity index (χ2v) is 19.3. The van der Waals surface area contributed by atoms with Crippen LogP contribution in [0.15, 0.2) is 73.1 Å². The van der Waals surface area contributed by atoms with Gasteiger partial charge in [0.05, 0.1) is 30.6 Å². The second kappa shape index (κ2) is 15.0. The van der Waals surface area contributed by atoms with Gasteiger partial charge in [-0.2, -0.15) is 0 Å². The highest BCUT2D eigenvalue weighted by Gasteiger charge is 2.65. The number of fused-ring (bicyclic) bond motifs is 3. The summed E-state index contributed by atoms with van der Waals surface area (Å²) >= 11 is 0. The normalized spacial score (nSPS) is 25.7. The number of piperidine rings is 2.